The van der Waals surface area contributed by atoms with Gasteiger partial charge in [0.1, 0.15) is 10.7 Å². The molecule has 0 spiro atoms. The van der Waals surface area contributed by atoms with E-state index in [-0.39, 0.29) is 15.7 Å². The van der Waals surface area contributed by atoms with Crippen molar-refractivity contribution in [3.8, 4) is 0 Å². The van der Waals surface area contributed by atoms with Crippen LogP contribution in [-0.4, -0.2) is 17.6 Å². The molecule has 0 N–H and O–H groups in total. The smallest absolute Gasteiger partial charge is 0.342 e. The molecule has 0 unspecified atom stereocenters. The zero-order chi connectivity index (χ0) is 11.4. The Hall–Kier alpha value is -0.800. The molecule has 3 nitrogen and oxygen atoms in total. The summed E-state index contributed by atoms with van der Waals surface area (Å²) in [5.41, 5.74) is 0.800. The Morgan fingerprint density at radius 2 is 2.20 bits per heavy atom. The minimum atomic E-state index is -0.528. The van der Waals surface area contributed by atoms with E-state index in [2.05, 4.69) is 4.98 Å². The highest BCUT2D eigenvalue weighted by Gasteiger charge is 2.17. The van der Waals surface area contributed by atoms with Gasteiger partial charge in [0.2, 0.25) is 0 Å². The van der Waals surface area contributed by atoms with E-state index in [1.165, 1.54) is 0 Å². The number of pyridine rings is 1. The van der Waals surface area contributed by atoms with E-state index in [1.807, 2.05) is 6.92 Å². The first-order valence-electron chi connectivity index (χ1n) is 4.56. The largest absolute Gasteiger partial charge is 0.462 e. The van der Waals surface area contributed by atoms with Crippen LogP contribution in [0.15, 0.2) is 6.07 Å². The van der Waals surface area contributed by atoms with Gasteiger partial charge >= 0.3 is 5.97 Å². The van der Waals surface area contributed by atoms with Gasteiger partial charge in [0, 0.05) is 5.69 Å². The van der Waals surface area contributed by atoms with Gasteiger partial charge in [-0.3, -0.25) is 0 Å². The molecular formula is C10H11Cl2NO2. The molecule has 0 saturated heterocycles. The average molecular weight is 248 g/mol. The zero-order valence-corrected chi connectivity index (χ0v) is 10.0. The summed E-state index contributed by atoms with van der Waals surface area (Å²) >= 11 is 11.7. The molecule has 82 valence electrons. The van der Waals surface area contributed by atoms with Crippen molar-refractivity contribution in [2.75, 3.05) is 6.61 Å². The Bertz CT molecular complexity index is 357. The topological polar surface area (TPSA) is 39.2 Å². The fraction of sp³-hybridized carbons (Fsp3) is 0.400. The molecule has 0 aliphatic carbocycles. The van der Waals surface area contributed by atoms with Crippen molar-refractivity contribution in [2.45, 2.75) is 20.3 Å². The molecule has 0 saturated carbocycles. The van der Waals surface area contributed by atoms with Gasteiger partial charge in [-0.1, -0.05) is 30.1 Å². The molecule has 15 heavy (non-hydrogen) atoms. The highest BCUT2D eigenvalue weighted by Crippen LogP contribution is 2.24. The lowest BCUT2D eigenvalue weighted by molar-refractivity contribution is 0.0505. The van der Waals surface area contributed by atoms with Crippen LogP contribution in [0.5, 0.6) is 0 Å². The van der Waals surface area contributed by atoms with Crippen molar-refractivity contribution >= 4 is 29.2 Å². The summed E-state index contributed by atoms with van der Waals surface area (Å²) in [7, 11) is 0. The monoisotopic (exact) mass is 247 g/mol. The van der Waals surface area contributed by atoms with Crippen LogP contribution in [-0.2, 0) is 4.74 Å². The number of carbonyl (C=O) groups is 1. The molecule has 0 atom stereocenters. The van der Waals surface area contributed by atoms with E-state index in [4.69, 9.17) is 27.9 Å². The lowest BCUT2D eigenvalue weighted by Crippen LogP contribution is -2.08. The maximum Gasteiger partial charge on any atom is 0.342 e. The van der Waals surface area contributed by atoms with Crippen LogP contribution in [0.1, 0.15) is 29.4 Å². The van der Waals surface area contributed by atoms with E-state index in [1.54, 1.807) is 13.0 Å². The zero-order valence-electron chi connectivity index (χ0n) is 8.51. The Labute approximate surface area is 98.4 Å². The van der Waals surface area contributed by atoms with Crippen LogP contribution in [0.2, 0.25) is 10.2 Å². The second-order valence-electron chi connectivity index (χ2n) is 3.05. The summed E-state index contributed by atoms with van der Waals surface area (Å²) in [6.07, 6.45) is 0.750. The van der Waals surface area contributed by atoms with Crippen LogP contribution in [0.3, 0.4) is 0 Å². The van der Waals surface area contributed by atoms with Gasteiger partial charge in [0.05, 0.1) is 11.6 Å². The fourth-order valence-corrected chi connectivity index (χ4v) is 1.73. The molecule has 1 aromatic heterocycles. The number of aryl methyl sites for hydroxylation is 1. The van der Waals surface area contributed by atoms with Gasteiger partial charge in [-0.15, -0.1) is 0 Å². The van der Waals surface area contributed by atoms with Crippen molar-refractivity contribution in [3.63, 3.8) is 0 Å². The Kier molecular flexibility index (Phi) is 4.36. The standard InChI is InChI=1S/C10H11Cl2NO2/c1-3-4-15-10(14)8-7(11)5-6(2)13-9(8)12/h5H,3-4H2,1-2H3. The normalized spacial score (nSPS) is 10.1. The maximum absolute atomic E-state index is 11.5. The third-order valence-corrected chi connectivity index (χ3v) is 2.27. The number of hydrogen-bond acceptors (Lipinski definition) is 3. The summed E-state index contributed by atoms with van der Waals surface area (Å²) < 4.78 is 4.93. The Morgan fingerprint density at radius 1 is 1.53 bits per heavy atom. The molecule has 0 aromatic carbocycles. The lowest BCUT2D eigenvalue weighted by Gasteiger charge is -2.07. The summed E-state index contributed by atoms with van der Waals surface area (Å²) in [6, 6.07) is 1.58. The molecular weight excluding hydrogens is 237 g/mol. The molecule has 0 fully saturated rings. The number of ether oxygens (including phenoxy) is 1. The second kappa shape index (κ2) is 5.33. The predicted octanol–water partition coefficient (Wildman–Crippen LogP) is 3.26. The third-order valence-electron chi connectivity index (χ3n) is 1.70. The molecule has 0 aliphatic rings. The van der Waals surface area contributed by atoms with Gasteiger partial charge in [-0.05, 0) is 19.4 Å². The minimum Gasteiger partial charge on any atom is -0.462 e. The van der Waals surface area contributed by atoms with E-state index < -0.39 is 5.97 Å². The number of aromatic nitrogens is 1. The molecule has 1 aromatic rings. The predicted molar refractivity (Wildman–Crippen MR) is 59.6 cm³/mol. The first-order chi connectivity index (χ1) is 7.06. The van der Waals surface area contributed by atoms with Gasteiger partial charge in [-0.25, -0.2) is 9.78 Å². The first-order valence-corrected chi connectivity index (χ1v) is 5.31. The van der Waals surface area contributed by atoms with Gasteiger partial charge < -0.3 is 4.74 Å². The maximum atomic E-state index is 11.5. The van der Waals surface area contributed by atoms with Crippen LogP contribution in [0, 0.1) is 6.92 Å². The van der Waals surface area contributed by atoms with Crippen molar-refractivity contribution in [1.29, 1.82) is 0 Å². The highest BCUT2D eigenvalue weighted by molar-refractivity contribution is 6.38. The van der Waals surface area contributed by atoms with E-state index in [0.717, 1.165) is 6.42 Å². The van der Waals surface area contributed by atoms with Crippen molar-refractivity contribution in [1.82, 2.24) is 4.98 Å². The van der Waals surface area contributed by atoms with E-state index >= 15 is 0 Å². The molecule has 0 radical (unpaired) electrons. The Morgan fingerprint density at radius 3 is 2.73 bits per heavy atom. The Balaban J connectivity index is 2.98. The van der Waals surface area contributed by atoms with Crippen LogP contribution >= 0.6 is 23.2 Å². The molecule has 0 aliphatic heterocycles. The second-order valence-corrected chi connectivity index (χ2v) is 3.81. The SMILES string of the molecule is CCCOC(=O)c1c(Cl)cc(C)nc1Cl. The summed E-state index contributed by atoms with van der Waals surface area (Å²) in [4.78, 5) is 15.5. The molecule has 0 bridgehead atoms. The summed E-state index contributed by atoms with van der Waals surface area (Å²) in [5, 5.41) is 0.356. The van der Waals surface area contributed by atoms with Crippen LogP contribution in [0.4, 0.5) is 0 Å². The number of esters is 1. The number of halogens is 2. The third kappa shape index (κ3) is 3.08. The molecule has 0 amide bonds. The molecule has 5 heteroatoms. The number of carbonyl (C=O) groups excluding carboxylic acids is 1. The quantitative estimate of drug-likeness (QED) is 0.608. The molecule has 1 rings (SSSR count). The first kappa shape index (κ1) is 12.3. The van der Waals surface area contributed by atoms with Crippen LogP contribution < -0.4 is 0 Å². The number of rotatable bonds is 3. The summed E-state index contributed by atoms with van der Waals surface area (Å²) in [6.45, 7) is 4.00. The van der Waals surface area contributed by atoms with Crippen LogP contribution in [0.25, 0.3) is 0 Å². The van der Waals surface area contributed by atoms with Crippen molar-refractivity contribution in [2.24, 2.45) is 0 Å². The summed E-state index contributed by atoms with van der Waals surface area (Å²) in [5.74, 6) is -0.528. The van der Waals surface area contributed by atoms with E-state index in [0.29, 0.717) is 12.3 Å². The van der Waals surface area contributed by atoms with Crippen molar-refractivity contribution in [3.05, 3.63) is 27.5 Å². The van der Waals surface area contributed by atoms with Gasteiger partial charge in [-0.2, -0.15) is 0 Å². The number of hydrogen-bond donors (Lipinski definition) is 0. The minimum absolute atomic E-state index is 0.0844. The van der Waals surface area contributed by atoms with Gasteiger partial charge in [0.25, 0.3) is 0 Å². The average Bonchev–Trinajstić information content (AvgIpc) is 2.12. The van der Waals surface area contributed by atoms with Gasteiger partial charge in [0.15, 0.2) is 0 Å². The molecule has 1 heterocycles. The highest BCUT2D eigenvalue weighted by atomic mass is 35.5. The van der Waals surface area contributed by atoms with Crippen molar-refractivity contribution < 1.29 is 9.53 Å². The number of nitrogens with zero attached hydrogens (tertiary/aromatic N) is 1. The lowest BCUT2D eigenvalue weighted by atomic mass is 10.2. The van der Waals surface area contributed by atoms with E-state index in [9.17, 15) is 4.79 Å². The fourth-order valence-electron chi connectivity index (χ4n) is 1.05.